The van der Waals surface area contributed by atoms with Gasteiger partial charge in [0, 0.05) is 31.3 Å². The van der Waals surface area contributed by atoms with Gasteiger partial charge in [-0.15, -0.1) is 0 Å². The first-order valence-corrected chi connectivity index (χ1v) is 9.27. The Hall–Kier alpha value is -2.83. The summed E-state index contributed by atoms with van der Waals surface area (Å²) in [5.74, 6) is 1.62. The van der Waals surface area contributed by atoms with Crippen molar-refractivity contribution in [3.05, 3.63) is 54.0 Å². The first-order chi connectivity index (χ1) is 13.2. The van der Waals surface area contributed by atoms with Gasteiger partial charge in [0.25, 0.3) is 0 Å². The quantitative estimate of drug-likeness (QED) is 0.333. The van der Waals surface area contributed by atoms with E-state index >= 15 is 0 Å². The van der Waals surface area contributed by atoms with Crippen molar-refractivity contribution in [2.45, 2.75) is 25.7 Å². The number of aromatic nitrogens is 1. The van der Waals surface area contributed by atoms with Gasteiger partial charge in [-0.25, -0.2) is 9.37 Å². The molecule has 0 aliphatic carbocycles. The van der Waals surface area contributed by atoms with Crippen LogP contribution in [0.5, 0.6) is 5.75 Å². The van der Waals surface area contributed by atoms with Crippen LogP contribution in [0.1, 0.15) is 31.2 Å². The highest BCUT2D eigenvalue weighted by Crippen LogP contribution is 2.17. The zero-order chi connectivity index (χ0) is 18.9. The minimum absolute atomic E-state index is 0.283. The number of hydrogen-bond acceptors (Lipinski definition) is 5. The lowest BCUT2D eigenvalue weighted by Crippen LogP contribution is -2.30. The number of oxime groups is 1. The number of nitrogens with two attached hydrogens (primary N) is 1. The molecule has 1 saturated heterocycles. The van der Waals surface area contributed by atoms with Gasteiger partial charge in [0.2, 0.25) is 0 Å². The maximum absolute atomic E-state index is 12.8. The van der Waals surface area contributed by atoms with Crippen molar-refractivity contribution in [1.82, 2.24) is 4.98 Å². The topological polar surface area (TPSA) is 73.0 Å². The molecule has 0 bridgehead atoms. The molecule has 0 spiro atoms. The fourth-order valence-corrected chi connectivity index (χ4v) is 2.86. The average molecular weight is 372 g/mol. The maximum atomic E-state index is 12.8. The first kappa shape index (κ1) is 18.9. The van der Waals surface area contributed by atoms with E-state index < -0.39 is 0 Å². The van der Waals surface area contributed by atoms with Crippen molar-refractivity contribution < 1.29 is 14.0 Å². The number of pyridine rings is 1. The first-order valence-electron chi connectivity index (χ1n) is 9.27. The van der Waals surface area contributed by atoms with E-state index in [4.69, 9.17) is 15.3 Å². The zero-order valence-corrected chi connectivity index (χ0v) is 15.3. The van der Waals surface area contributed by atoms with Crippen molar-refractivity contribution in [2.75, 3.05) is 31.2 Å². The van der Waals surface area contributed by atoms with Crippen molar-refractivity contribution in [1.29, 1.82) is 0 Å². The van der Waals surface area contributed by atoms with Crippen LogP contribution in [0.15, 0.2) is 47.8 Å². The summed E-state index contributed by atoms with van der Waals surface area (Å²) >= 11 is 0. The number of anilines is 1. The fraction of sp³-hybridized carbons (Fsp3) is 0.400. The van der Waals surface area contributed by atoms with Gasteiger partial charge in [-0.2, -0.15) is 0 Å². The molecule has 0 saturated carbocycles. The fourth-order valence-electron chi connectivity index (χ4n) is 2.86. The largest absolute Gasteiger partial charge is 0.493 e. The number of amidine groups is 1. The highest BCUT2D eigenvalue weighted by molar-refractivity contribution is 5.96. The van der Waals surface area contributed by atoms with E-state index in [0.29, 0.717) is 31.2 Å². The van der Waals surface area contributed by atoms with E-state index in [2.05, 4.69) is 15.0 Å². The molecule has 27 heavy (non-hydrogen) atoms. The third-order valence-corrected chi connectivity index (χ3v) is 4.35. The molecular formula is C20H25FN4O2. The van der Waals surface area contributed by atoms with Crippen molar-refractivity contribution in [2.24, 2.45) is 10.9 Å². The third-order valence-electron chi connectivity index (χ3n) is 4.35. The number of halogens is 1. The van der Waals surface area contributed by atoms with Gasteiger partial charge < -0.3 is 20.2 Å². The summed E-state index contributed by atoms with van der Waals surface area (Å²) in [4.78, 5) is 12.0. The molecule has 1 fully saturated rings. The van der Waals surface area contributed by atoms with Crippen LogP contribution >= 0.6 is 0 Å². The standard InChI is InChI=1S/C20H25FN4O2/c21-17-6-8-18(9-7-17)26-13-4-14-27-24-20(22)16-5-10-19(23-15-16)25-11-2-1-3-12-25/h5-10,15H,1-4,11-14H2,(H2,22,24). The highest BCUT2D eigenvalue weighted by Gasteiger charge is 2.12. The molecule has 0 radical (unpaired) electrons. The minimum Gasteiger partial charge on any atom is -0.493 e. The Bertz CT molecular complexity index is 729. The summed E-state index contributed by atoms with van der Waals surface area (Å²) < 4.78 is 18.3. The van der Waals surface area contributed by atoms with Crippen LogP contribution in [0, 0.1) is 5.82 Å². The molecule has 2 N–H and O–H groups in total. The number of nitrogens with zero attached hydrogens (tertiary/aromatic N) is 3. The van der Waals surface area contributed by atoms with E-state index in [-0.39, 0.29) is 5.82 Å². The van der Waals surface area contributed by atoms with Gasteiger partial charge in [0.1, 0.15) is 24.0 Å². The van der Waals surface area contributed by atoms with Crippen LogP contribution in [0.25, 0.3) is 0 Å². The number of piperidine rings is 1. The predicted octanol–water partition coefficient (Wildman–Crippen LogP) is 3.32. The smallest absolute Gasteiger partial charge is 0.171 e. The number of hydrogen-bond donors (Lipinski definition) is 1. The van der Waals surface area contributed by atoms with E-state index in [1.165, 1.54) is 31.4 Å². The van der Waals surface area contributed by atoms with Crippen LogP contribution in [-0.2, 0) is 4.84 Å². The summed E-state index contributed by atoms with van der Waals surface area (Å²) in [6, 6.07) is 9.79. The summed E-state index contributed by atoms with van der Waals surface area (Å²) in [6.45, 7) is 2.94. The summed E-state index contributed by atoms with van der Waals surface area (Å²) in [5.41, 5.74) is 6.68. The second-order valence-corrected chi connectivity index (χ2v) is 6.42. The zero-order valence-electron chi connectivity index (χ0n) is 15.3. The van der Waals surface area contributed by atoms with E-state index in [1.54, 1.807) is 18.3 Å². The molecule has 0 unspecified atom stereocenters. The molecule has 3 rings (SSSR count). The lowest BCUT2D eigenvalue weighted by atomic mass is 10.1. The summed E-state index contributed by atoms with van der Waals surface area (Å²) in [5, 5.41) is 3.93. The highest BCUT2D eigenvalue weighted by atomic mass is 19.1. The van der Waals surface area contributed by atoms with Crippen LogP contribution < -0.4 is 15.4 Å². The SMILES string of the molecule is NC(=NOCCCOc1ccc(F)cc1)c1ccc(N2CCCCC2)nc1. The Morgan fingerprint density at radius 3 is 2.56 bits per heavy atom. The predicted molar refractivity (Wildman–Crippen MR) is 103 cm³/mol. The number of benzene rings is 1. The molecule has 2 aromatic rings. The Morgan fingerprint density at radius 2 is 1.85 bits per heavy atom. The third kappa shape index (κ3) is 5.84. The lowest BCUT2D eigenvalue weighted by Gasteiger charge is -2.27. The van der Waals surface area contributed by atoms with Crippen LogP contribution in [0.2, 0.25) is 0 Å². The summed E-state index contributed by atoms with van der Waals surface area (Å²) in [6.07, 6.45) is 6.09. The minimum atomic E-state index is -0.283. The van der Waals surface area contributed by atoms with Gasteiger partial charge in [-0.05, 0) is 55.7 Å². The van der Waals surface area contributed by atoms with Gasteiger partial charge in [-0.1, -0.05) is 5.16 Å². The average Bonchev–Trinajstić information content (AvgIpc) is 2.72. The van der Waals surface area contributed by atoms with E-state index in [9.17, 15) is 4.39 Å². The molecule has 2 heterocycles. The molecule has 144 valence electrons. The molecule has 0 atom stereocenters. The lowest BCUT2D eigenvalue weighted by molar-refractivity contribution is 0.127. The molecule has 1 aliphatic heterocycles. The Morgan fingerprint density at radius 1 is 1.07 bits per heavy atom. The molecule has 1 aliphatic rings. The Labute approximate surface area is 158 Å². The van der Waals surface area contributed by atoms with Gasteiger partial charge >= 0.3 is 0 Å². The maximum Gasteiger partial charge on any atom is 0.171 e. The second-order valence-electron chi connectivity index (χ2n) is 6.42. The van der Waals surface area contributed by atoms with E-state index in [0.717, 1.165) is 24.5 Å². The Balaban J connectivity index is 1.39. The van der Waals surface area contributed by atoms with Crippen molar-refractivity contribution >= 4 is 11.7 Å². The summed E-state index contributed by atoms with van der Waals surface area (Å²) in [7, 11) is 0. The van der Waals surface area contributed by atoms with Gasteiger partial charge in [-0.3, -0.25) is 0 Å². The molecule has 7 heteroatoms. The normalized spacial score (nSPS) is 14.9. The van der Waals surface area contributed by atoms with Crippen LogP contribution in [0.4, 0.5) is 10.2 Å². The van der Waals surface area contributed by atoms with Gasteiger partial charge in [0.05, 0.1) is 6.61 Å². The molecular weight excluding hydrogens is 347 g/mol. The van der Waals surface area contributed by atoms with E-state index in [1.807, 2.05) is 12.1 Å². The molecule has 6 nitrogen and oxygen atoms in total. The molecule has 0 amide bonds. The number of rotatable bonds is 8. The monoisotopic (exact) mass is 372 g/mol. The van der Waals surface area contributed by atoms with Crippen molar-refractivity contribution in [3.8, 4) is 5.75 Å². The van der Waals surface area contributed by atoms with Crippen molar-refractivity contribution in [3.63, 3.8) is 0 Å². The number of ether oxygens (including phenoxy) is 1. The Kier molecular flexibility index (Phi) is 6.84. The second kappa shape index (κ2) is 9.75. The molecule has 1 aromatic heterocycles. The van der Waals surface area contributed by atoms with Gasteiger partial charge in [0.15, 0.2) is 5.84 Å². The van der Waals surface area contributed by atoms with Crippen LogP contribution in [0.3, 0.4) is 0 Å². The molecule has 1 aromatic carbocycles. The van der Waals surface area contributed by atoms with Crippen LogP contribution in [-0.4, -0.2) is 37.1 Å².